The minimum Gasteiger partial charge on any atom is -0.507 e. The highest BCUT2D eigenvalue weighted by Gasteiger charge is 2.48. The van der Waals surface area contributed by atoms with Gasteiger partial charge in [-0.1, -0.05) is 89.2 Å². The van der Waals surface area contributed by atoms with Crippen molar-refractivity contribution < 1.29 is 24.2 Å². The van der Waals surface area contributed by atoms with Crippen LogP contribution in [0.2, 0.25) is 5.02 Å². The Kier molecular flexibility index (Phi) is 7.41. The molecule has 1 saturated heterocycles. The van der Waals surface area contributed by atoms with Gasteiger partial charge < -0.3 is 14.6 Å². The smallest absolute Gasteiger partial charge is 0.301 e. The van der Waals surface area contributed by atoms with Crippen molar-refractivity contribution >= 4 is 55.7 Å². The highest BCUT2D eigenvalue weighted by atomic mass is 35.5. The lowest BCUT2D eigenvalue weighted by atomic mass is 9.95. The molecule has 2 heterocycles. The highest BCUT2D eigenvalue weighted by molar-refractivity contribution is 7.22. The fraction of sp³-hybridized carbons (Fsp3) is 0.121. The topological polar surface area (TPSA) is 89.0 Å². The van der Waals surface area contributed by atoms with Gasteiger partial charge in [-0.15, -0.1) is 0 Å². The minimum atomic E-state index is -0.973. The molecule has 9 heteroatoms. The molecule has 0 spiro atoms. The van der Waals surface area contributed by atoms with Gasteiger partial charge in [0.25, 0.3) is 5.78 Å². The summed E-state index contributed by atoms with van der Waals surface area (Å²) in [6, 6.07) is 26.3. The van der Waals surface area contributed by atoms with Crippen LogP contribution in [0.4, 0.5) is 5.13 Å². The fourth-order valence-electron chi connectivity index (χ4n) is 4.91. The Morgan fingerprint density at radius 1 is 0.976 bits per heavy atom. The molecule has 0 radical (unpaired) electrons. The number of ether oxygens (including phenoxy) is 2. The van der Waals surface area contributed by atoms with Crippen LogP contribution in [-0.2, 0) is 16.2 Å². The van der Waals surface area contributed by atoms with Gasteiger partial charge in [0, 0.05) is 10.6 Å². The number of fused-ring (bicyclic) bond motifs is 1. The molecule has 5 aromatic rings. The zero-order chi connectivity index (χ0) is 29.4. The molecule has 0 saturated carbocycles. The summed E-state index contributed by atoms with van der Waals surface area (Å²) in [5.74, 6) is -0.954. The Bertz CT molecular complexity index is 1850. The number of halogens is 1. The largest absolute Gasteiger partial charge is 0.507 e. The summed E-state index contributed by atoms with van der Waals surface area (Å²) in [6.45, 7) is 2.26. The second-order valence-corrected chi connectivity index (χ2v) is 11.3. The number of rotatable bonds is 7. The number of aliphatic hydroxyl groups excluding tert-OH is 1. The number of Topliss-reactive ketones (excluding diaryl/α,β-unsaturated/α-hetero) is 1. The molecule has 7 nitrogen and oxygen atoms in total. The Balaban J connectivity index is 1.48. The number of thiazole rings is 1. The number of ketones is 1. The second-order valence-electron chi connectivity index (χ2n) is 9.83. The molecule has 4 aromatic carbocycles. The van der Waals surface area contributed by atoms with E-state index in [1.165, 1.54) is 23.3 Å². The second kappa shape index (κ2) is 11.3. The van der Waals surface area contributed by atoms with Gasteiger partial charge in [0.05, 0.1) is 28.9 Å². The van der Waals surface area contributed by atoms with Crippen LogP contribution in [0.15, 0.2) is 96.6 Å². The SMILES string of the molecule is COc1cc(C2C(=C(O)c3ccc(C)cc3)C(=O)C(=O)N2c2nc3ccc(Cl)cc3s2)ccc1OCc1ccccc1. The van der Waals surface area contributed by atoms with E-state index in [4.69, 9.17) is 21.1 Å². The third-order valence-electron chi connectivity index (χ3n) is 7.06. The van der Waals surface area contributed by atoms with E-state index in [1.807, 2.05) is 49.4 Å². The fourth-order valence-corrected chi connectivity index (χ4v) is 6.18. The van der Waals surface area contributed by atoms with Crippen molar-refractivity contribution in [2.45, 2.75) is 19.6 Å². The molecule has 6 rings (SSSR count). The van der Waals surface area contributed by atoms with Gasteiger partial charge in [0.15, 0.2) is 16.6 Å². The van der Waals surface area contributed by atoms with Crippen molar-refractivity contribution in [2.75, 3.05) is 12.0 Å². The number of benzene rings is 4. The van der Waals surface area contributed by atoms with Gasteiger partial charge in [0.1, 0.15) is 12.4 Å². The van der Waals surface area contributed by atoms with Gasteiger partial charge in [0.2, 0.25) is 0 Å². The number of amides is 1. The Hall–Kier alpha value is -4.66. The van der Waals surface area contributed by atoms with E-state index >= 15 is 0 Å². The summed E-state index contributed by atoms with van der Waals surface area (Å²) < 4.78 is 12.5. The van der Waals surface area contributed by atoms with Gasteiger partial charge in [-0.2, -0.15) is 0 Å². The van der Waals surface area contributed by atoms with E-state index in [-0.39, 0.29) is 11.3 Å². The van der Waals surface area contributed by atoms with E-state index < -0.39 is 17.7 Å². The molecule has 1 aromatic heterocycles. The Labute approximate surface area is 251 Å². The molecule has 42 heavy (non-hydrogen) atoms. The predicted molar refractivity (Wildman–Crippen MR) is 164 cm³/mol. The van der Waals surface area contributed by atoms with Gasteiger partial charge in [-0.05, 0) is 48.4 Å². The van der Waals surface area contributed by atoms with Gasteiger partial charge in [-0.25, -0.2) is 4.98 Å². The van der Waals surface area contributed by atoms with Crippen molar-refractivity contribution in [3.05, 3.63) is 124 Å². The third-order valence-corrected chi connectivity index (χ3v) is 8.31. The lowest BCUT2D eigenvalue weighted by Crippen LogP contribution is -2.29. The van der Waals surface area contributed by atoms with Crippen LogP contribution in [0.25, 0.3) is 16.0 Å². The molecule has 0 bridgehead atoms. The minimum absolute atomic E-state index is 0.0406. The normalized spacial score (nSPS) is 16.3. The van der Waals surface area contributed by atoms with E-state index in [9.17, 15) is 14.7 Å². The molecule has 1 N–H and O–H groups in total. The van der Waals surface area contributed by atoms with Crippen LogP contribution in [0, 0.1) is 6.92 Å². The first-order chi connectivity index (χ1) is 20.3. The molecular weight excluding hydrogens is 572 g/mol. The van der Waals surface area contributed by atoms with Crippen LogP contribution in [0.1, 0.15) is 28.3 Å². The molecule has 210 valence electrons. The quantitative estimate of drug-likeness (QED) is 0.119. The van der Waals surface area contributed by atoms with Crippen molar-refractivity contribution in [3.63, 3.8) is 0 Å². The van der Waals surface area contributed by atoms with Crippen molar-refractivity contribution in [3.8, 4) is 11.5 Å². The summed E-state index contributed by atoms with van der Waals surface area (Å²) in [5.41, 5.74) is 3.55. The number of anilines is 1. The molecule has 1 aliphatic rings. The van der Waals surface area contributed by atoms with Crippen LogP contribution < -0.4 is 14.4 Å². The van der Waals surface area contributed by atoms with E-state index in [2.05, 4.69) is 4.98 Å². The third kappa shape index (κ3) is 5.11. The summed E-state index contributed by atoms with van der Waals surface area (Å²) in [7, 11) is 1.52. The maximum atomic E-state index is 13.6. The van der Waals surface area contributed by atoms with Crippen LogP contribution in [-0.4, -0.2) is 28.9 Å². The summed E-state index contributed by atoms with van der Waals surface area (Å²) in [5, 5.41) is 12.3. The number of hydrogen-bond donors (Lipinski definition) is 1. The lowest BCUT2D eigenvalue weighted by molar-refractivity contribution is -0.132. The van der Waals surface area contributed by atoms with Crippen LogP contribution in [0.3, 0.4) is 0 Å². The predicted octanol–water partition coefficient (Wildman–Crippen LogP) is 7.47. The number of aryl methyl sites for hydroxylation is 1. The number of aromatic nitrogens is 1. The first kappa shape index (κ1) is 27.5. The molecule has 1 aliphatic heterocycles. The lowest BCUT2D eigenvalue weighted by Gasteiger charge is -2.24. The first-order valence-electron chi connectivity index (χ1n) is 13.1. The average molecular weight is 597 g/mol. The van der Waals surface area contributed by atoms with Crippen molar-refractivity contribution in [2.24, 2.45) is 0 Å². The molecule has 1 unspecified atom stereocenters. The number of hydrogen-bond acceptors (Lipinski definition) is 7. The maximum Gasteiger partial charge on any atom is 0.301 e. The summed E-state index contributed by atoms with van der Waals surface area (Å²) >= 11 is 7.44. The van der Waals surface area contributed by atoms with Gasteiger partial charge >= 0.3 is 5.91 Å². The summed E-state index contributed by atoms with van der Waals surface area (Å²) in [4.78, 5) is 33.2. The number of carbonyl (C=O) groups is 2. The number of methoxy groups -OCH3 is 1. The van der Waals surface area contributed by atoms with E-state index in [0.29, 0.717) is 44.9 Å². The molecule has 1 fully saturated rings. The summed E-state index contributed by atoms with van der Waals surface area (Å²) in [6.07, 6.45) is 0. The molecule has 1 atom stereocenters. The van der Waals surface area contributed by atoms with E-state index in [0.717, 1.165) is 15.8 Å². The Morgan fingerprint density at radius 3 is 2.48 bits per heavy atom. The zero-order valence-corrected chi connectivity index (χ0v) is 24.3. The zero-order valence-electron chi connectivity index (χ0n) is 22.7. The average Bonchev–Trinajstić information content (AvgIpc) is 3.53. The van der Waals surface area contributed by atoms with Crippen LogP contribution in [0.5, 0.6) is 11.5 Å². The standard InChI is InChI=1S/C33H25ClN2O5S/c1-19-8-10-21(11-9-19)30(37)28-29(22-12-15-25(26(16-22)40-2)41-18-20-6-4-3-5-7-20)36(32(39)31(28)38)33-35-24-14-13-23(34)17-27(24)42-33/h3-17,29,37H,18H2,1-2H3. The van der Waals surface area contributed by atoms with Gasteiger partial charge in [-0.3, -0.25) is 14.5 Å². The maximum absolute atomic E-state index is 13.6. The monoisotopic (exact) mass is 596 g/mol. The first-order valence-corrected chi connectivity index (χ1v) is 14.3. The molecule has 0 aliphatic carbocycles. The van der Waals surface area contributed by atoms with E-state index in [1.54, 1.807) is 48.5 Å². The number of aliphatic hydroxyl groups is 1. The molecule has 1 amide bonds. The highest BCUT2D eigenvalue weighted by Crippen LogP contribution is 2.46. The van der Waals surface area contributed by atoms with Crippen molar-refractivity contribution in [1.82, 2.24) is 4.98 Å². The number of carbonyl (C=O) groups excluding carboxylic acids is 2. The Morgan fingerprint density at radius 2 is 1.74 bits per heavy atom. The van der Waals surface area contributed by atoms with Crippen LogP contribution >= 0.6 is 22.9 Å². The number of nitrogens with zero attached hydrogens (tertiary/aromatic N) is 2. The molecular formula is C33H25ClN2O5S. The van der Waals surface area contributed by atoms with Crippen molar-refractivity contribution in [1.29, 1.82) is 0 Å².